The van der Waals surface area contributed by atoms with Crippen molar-refractivity contribution in [3.05, 3.63) is 238 Å². The second-order valence-electron chi connectivity index (χ2n) is 16.4. The van der Waals surface area contributed by atoms with Crippen LogP contribution in [0.1, 0.15) is 110 Å². The molecule has 0 heterocycles. The Bertz CT molecular complexity index is 2640. The van der Waals surface area contributed by atoms with Gasteiger partial charge in [0.05, 0.1) is 22.0 Å². The number of hydrogen-bond acceptors (Lipinski definition) is 12. The van der Waals surface area contributed by atoms with Gasteiger partial charge in [0.1, 0.15) is 18.9 Å². The van der Waals surface area contributed by atoms with Gasteiger partial charge in [-0.1, -0.05) is 223 Å². The van der Waals surface area contributed by atoms with Gasteiger partial charge in [-0.25, -0.2) is 13.2 Å². The van der Waals surface area contributed by atoms with Crippen LogP contribution in [0.4, 0.5) is 0 Å². The van der Waals surface area contributed by atoms with Gasteiger partial charge in [0, 0.05) is 6.08 Å². The molecule has 0 N–H and O–H groups in total. The molecular weight excluding hydrogens is 1020 g/mol. The van der Waals surface area contributed by atoms with Gasteiger partial charge < -0.3 is 4.74 Å². The highest BCUT2D eigenvalue weighted by molar-refractivity contribution is 8.12. The summed E-state index contributed by atoms with van der Waals surface area (Å²) in [5.41, 5.74) is 9.58. The molecule has 0 aliphatic rings. The molecule has 0 aromatic heterocycles. The number of esters is 1. The summed E-state index contributed by atoms with van der Waals surface area (Å²) in [7, 11) is -2.82. The number of carbonyl (C=O) groups excluding carboxylic acids is 9. The fourth-order valence-electron chi connectivity index (χ4n) is 4.31. The number of hydrogen-bond donors (Lipinski definition) is 0. The molecule has 0 saturated carbocycles. The molecule has 0 spiro atoms. The summed E-state index contributed by atoms with van der Waals surface area (Å²) < 4.78 is 33.2. The molecule has 79 heavy (non-hydrogen) atoms. The van der Waals surface area contributed by atoms with Crippen molar-refractivity contribution in [1.82, 2.24) is 0 Å². The number of ketones is 1. The fraction of sp³-hybridized carbons (Fsp3) is 0.277. The SMILES string of the molecule is CC/C=C/C(C)=C/C=C/C(C)=C/C=C/C=C(\C)C=O.CCOC(=O)/C=C/C(C)=C/C=C/C(C)=C/C=C/C=C(C)/C=C/C=C(C)/C=C/C(C)=O.C\C(C=O)=C/C=C/C=C(\C)C=O.O=C=O.O=C=O.[3H][B]S(=O)(=O)C/C=C(C)/C=C/CC. The molecule has 0 fully saturated rings. The van der Waals surface area contributed by atoms with Crippen LogP contribution in [0, 0.1) is 0 Å². The van der Waals surface area contributed by atoms with Crippen LogP contribution >= 0.6 is 0 Å². The predicted octanol–water partition coefficient (Wildman–Crippen LogP) is 13.6. The maximum absolute atomic E-state index is 11.3. The average molecular weight is 1100 g/mol. The Morgan fingerprint density at radius 2 is 0.696 bits per heavy atom. The summed E-state index contributed by atoms with van der Waals surface area (Å²) >= 11 is 0. The van der Waals surface area contributed by atoms with Crippen LogP contribution in [-0.4, -0.2) is 72.1 Å². The van der Waals surface area contributed by atoms with Crippen molar-refractivity contribution in [2.45, 2.75) is 110 Å². The van der Waals surface area contributed by atoms with Gasteiger partial charge in [-0.15, -0.1) is 0 Å². The number of carbonyl (C=O) groups is 5. The van der Waals surface area contributed by atoms with E-state index < -0.39 is 9.69 Å². The minimum Gasteiger partial charge on any atom is -0.463 e. The molecule has 14 heteroatoms. The second-order valence-corrected chi connectivity index (χ2v) is 18.0. The van der Waals surface area contributed by atoms with E-state index in [4.69, 9.17) is 25.3 Å². The lowest BCUT2D eigenvalue weighted by Gasteiger charge is -1.94. The van der Waals surface area contributed by atoms with E-state index >= 15 is 0 Å². The van der Waals surface area contributed by atoms with E-state index in [1.807, 2.05) is 146 Å². The first-order valence-corrected chi connectivity index (χ1v) is 26.5. The van der Waals surface area contributed by atoms with Crippen LogP contribution < -0.4 is 0 Å². The van der Waals surface area contributed by atoms with Crippen molar-refractivity contribution in [3.8, 4) is 0 Å². The number of ether oxygens (including phenoxy) is 1. The Hall–Kier alpha value is -8.28. The summed E-state index contributed by atoms with van der Waals surface area (Å²) in [5.74, 6) is -0.371. The third-order valence-electron chi connectivity index (χ3n) is 8.42. The number of rotatable bonds is 27. The van der Waals surface area contributed by atoms with E-state index in [1.54, 1.807) is 82.4 Å². The molecule has 0 atom stereocenters. The Morgan fingerprint density at radius 1 is 0.418 bits per heavy atom. The van der Waals surface area contributed by atoms with E-state index in [-0.39, 0.29) is 29.8 Å². The topological polar surface area (TPSA) is 197 Å². The van der Waals surface area contributed by atoms with Gasteiger partial charge >= 0.3 is 18.3 Å². The lowest BCUT2D eigenvalue weighted by Crippen LogP contribution is -2.01. The first kappa shape index (κ1) is 79.6. The molecule has 0 aromatic rings. The average Bonchev–Trinajstić information content (AvgIpc) is 3.42. The molecule has 0 aliphatic heterocycles. The largest absolute Gasteiger partial charge is 0.463 e. The molecule has 0 aliphatic carbocycles. The molecule has 0 bridgehead atoms. The lowest BCUT2D eigenvalue weighted by atomic mass is 10.2. The standard InChI is InChI=1S/C27H34O3.C18H24O.C10H12O2.C8H14BO2S.2CO2/c1-7-30-27(29)21-19-25(5)17-11-15-23(3)13-9-8-12-22(2)14-10-16-24(4)18-20-26(6)28;1-5-6-10-16(2)13-9-14-17(3)11-7-8-12-18(4)15-19;1-9(7-11)5-3-4-6-10(2)8-12;1-3-4-5-8(2)6-7-12(9,10)11;2*2-1-3/h8-21H,7H2,1-6H3;6-15H,5H2,1-4H3;3-8H,1-2H3;4-6,9H,3,7H2,1-2H3;;/b9-8+,14-10+,15-11+,20-18+,21-19+,22-12+,23-13+,24-16+,25-17+;8-7+,10-6+,14-9+,16-13+,17-11+,18-12+;4-3+,9-5+,10-6+;5-4+,8-6+;;/i;;;9T;;. The van der Waals surface area contributed by atoms with Crippen LogP contribution in [0.5, 0.6) is 0 Å². The van der Waals surface area contributed by atoms with Gasteiger partial charge in [-0.2, -0.15) is 19.2 Å². The zero-order valence-corrected chi connectivity index (χ0v) is 49.6. The van der Waals surface area contributed by atoms with Crippen molar-refractivity contribution in [3.63, 3.8) is 0 Å². The first-order chi connectivity index (χ1) is 37.9. The summed E-state index contributed by atoms with van der Waals surface area (Å²) in [6, 6.07) is 0. The van der Waals surface area contributed by atoms with Crippen LogP contribution in [-0.2, 0) is 57.6 Å². The van der Waals surface area contributed by atoms with E-state index in [1.165, 1.54) is 18.6 Å². The van der Waals surface area contributed by atoms with Gasteiger partial charge in [-0.3, -0.25) is 19.2 Å². The molecule has 0 saturated heterocycles. The van der Waals surface area contributed by atoms with Gasteiger partial charge in [0.25, 0.3) is 7.09 Å². The van der Waals surface area contributed by atoms with Crippen LogP contribution in [0.3, 0.4) is 0 Å². The second kappa shape index (κ2) is 60.6. The van der Waals surface area contributed by atoms with E-state index in [2.05, 4.69) is 38.2 Å². The first-order valence-electron chi connectivity index (χ1n) is 25.4. The molecule has 0 rings (SSSR count). The van der Waals surface area contributed by atoms with Crippen LogP contribution in [0.15, 0.2) is 238 Å². The maximum atomic E-state index is 11.3. The zero-order valence-electron chi connectivity index (χ0n) is 49.8. The highest BCUT2D eigenvalue weighted by Crippen LogP contribution is 2.04. The molecule has 1 radical (unpaired) electrons. The molecule has 0 aromatic carbocycles. The van der Waals surface area contributed by atoms with E-state index in [0.29, 0.717) is 24.8 Å². The third-order valence-corrected chi connectivity index (χ3v) is 9.05. The molecule has 0 unspecified atom stereocenters. The Balaban J connectivity index is -0.000000235. The van der Waals surface area contributed by atoms with Crippen molar-refractivity contribution in [2.75, 3.05) is 12.4 Å². The molecular formula is C65H84BO12S. The molecule has 425 valence electrons. The molecule has 12 nitrogen and oxygen atoms in total. The van der Waals surface area contributed by atoms with Crippen molar-refractivity contribution < 1.29 is 56.3 Å². The van der Waals surface area contributed by atoms with Crippen LogP contribution in [0.2, 0.25) is 0 Å². The van der Waals surface area contributed by atoms with Gasteiger partial charge in [0.15, 0.2) is 5.78 Å². The Morgan fingerprint density at radius 3 is 0.987 bits per heavy atom. The number of aldehydes is 3. The molecule has 0 amide bonds. The van der Waals surface area contributed by atoms with Crippen molar-refractivity contribution in [2.24, 2.45) is 0 Å². The maximum Gasteiger partial charge on any atom is 0.373 e. The fourth-order valence-corrected chi connectivity index (χ4v) is 4.81. The van der Waals surface area contributed by atoms with E-state index in [0.717, 1.165) is 70.7 Å². The van der Waals surface area contributed by atoms with Gasteiger partial charge in [-0.05, 0) is 120 Å². The summed E-state index contributed by atoms with van der Waals surface area (Å²) in [6.45, 7) is 27.0. The van der Waals surface area contributed by atoms with Gasteiger partial charge in [0.2, 0.25) is 0 Å². The third kappa shape index (κ3) is 78.8. The highest BCUT2D eigenvalue weighted by atomic mass is 32.2. The summed E-state index contributed by atoms with van der Waals surface area (Å²) in [5, 5.41) is 0. The minimum atomic E-state index is -3.31. The quantitative estimate of drug-likeness (QED) is 0.0248. The predicted molar refractivity (Wildman–Crippen MR) is 326 cm³/mol. The van der Waals surface area contributed by atoms with Crippen LogP contribution in [0.25, 0.3) is 0 Å². The van der Waals surface area contributed by atoms with Crippen molar-refractivity contribution in [1.29, 1.82) is 1.34 Å². The Labute approximate surface area is 475 Å². The monoisotopic (exact) mass is 1100 g/mol. The highest BCUT2D eigenvalue weighted by Gasteiger charge is 1.97. The summed E-state index contributed by atoms with van der Waals surface area (Å²) in [4.78, 5) is 85.3. The van der Waals surface area contributed by atoms with Crippen molar-refractivity contribution >= 4 is 59.7 Å². The zero-order chi connectivity index (χ0) is 62.4. The van der Waals surface area contributed by atoms with E-state index in [9.17, 15) is 32.4 Å². The minimum absolute atomic E-state index is 0.0446. The smallest absolute Gasteiger partial charge is 0.373 e. The Kier molecular flexibility index (Phi) is 61.0. The normalized spacial score (nSPS) is 13.8. The number of allylic oxidation sites excluding steroid dienone is 38. The summed E-state index contributed by atoms with van der Waals surface area (Å²) in [6.07, 6.45) is 61.6. The lowest BCUT2D eigenvalue weighted by molar-refractivity contribution is -0.193.